The summed E-state index contributed by atoms with van der Waals surface area (Å²) in [4.78, 5) is 18.2. The first-order valence-corrected chi connectivity index (χ1v) is 10.8. The highest BCUT2D eigenvalue weighted by Gasteiger charge is 2.31. The number of alkyl halides is 3. The number of nitrogens with one attached hydrogen (secondary N) is 1. The Labute approximate surface area is 194 Å². The number of pyridine rings is 1. The van der Waals surface area contributed by atoms with Crippen LogP contribution in [0.3, 0.4) is 0 Å². The van der Waals surface area contributed by atoms with Gasteiger partial charge in [0.1, 0.15) is 11.9 Å². The normalized spacial score (nSPS) is 14.5. The summed E-state index contributed by atoms with van der Waals surface area (Å²) in [6, 6.07) is 13.0. The minimum Gasteiger partial charge on any atom is -0.472 e. The van der Waals surface area contributed by atoms with Crippen molar-refractivity contribution in [1.82, 2.24) is 15.2 Å². The van der Waals surface area contributed by atoms with Crippen LogP contribution >= 0.6 is 0 Å². The Morgan fingerprint density at radius 1 is 1.09 bits per heavy atom. The summed E-state index contributed by atoms with van der Waals surface area (Å²) >= 11 is 0. The minimum atomic E-state index is -4.33. The zero-order chi connectivity index (χ0) is 24.3. The topological polar surface area (TPSA) is 54.5 Å². The number of benzene rings is 2. The summed E-state index contributed by atoms with van der Waals surface area (Å²) in [6.07, 6.45) is -2.82. The van der Waals surface area contributed by atoms with Crippen LogP contribution in [0.4, 0.5) is 17.6 Å². The van der Waals surface area contributed by atoms with Crippen LogP contribution in [0, 0.1) is 5.82 Å². The summed E-state index contributed by atoms with van der Waals surface area (Å²) in [5.74, 6) is -0.630. The van der Waals surface area contributed by atoms with E-state index in [1.165, 1.54) is 24.3 Å². The third-order valence-corrected chi connectivity index (χ3v) is 5.52. The number of halogens is 4. The largest absolute Gasteiger partial charge is 0.472 e. The van der Waals surface area contributed by atoms with Crippen LogP contribution in [0.15, 0.2) is 60.8 Å². The number of nitrogens with zero attached hydrogens (tertiary/aromatic N) is 2. The SMILES string of the molecule is CCNC(=O)c1ccc(-c2ccc(OC3CN(Cc4ccc(C(F)(F)F)cc4)C3)nc2)cc1F. The number of amides is 1. The van der Waals surface area contributed by atoms with Crippen molar-refractivity contribution in [1.29, 1.82) is 0 Å². The summed E-state index contributed by atoms with van der Waals surface area (Å²) in [5, 5.41) is 2.57. The predicted molar refractivity (Wildman–Crippen MR) is 119 cm³/mol. The van der Waals surface area contributed by atoms with E-state index in [0.29, 0.717) is 43.2 Å². The molecule has 4 rings (SSSR count). The van der Waals surface area contributed by atoms with Gasteiger partial charge in [-0.05, 0) is 48.4 Å². The van der Waals surface area contributed by atoms with Gasteiger partial charge in [0.2, 0.25) is 5.88 Å². The van der Waals surface area contributed by atoms with Gasteiger partial charge in [-0.15, -0.1) is 0 Å². The first-order chi connectivity index (χ1) is 16.2. The average Bonchev–Trinajstić information content (AvgIpc) is 2.78. The van der Waals surface area contributed by atoms with Crippen molar-refractivity contribution in [2.75, 3.05) is 19.6 Å². The molecule has 0 unspecified atom stereocenters. The second kappa shape index (κ2) is 9.80. The highest BCUT2D eigenvalue weighted by molar-refractivity contribution is 5.94. The second-order valence-electron chi connectivity index (χ2n) is 8.07. The lowest BCUT2D eigenvalue weighted by atomic mass is 10.0. The zero-order valence-electron chi connectivity index (χ0n) is 18.4. The quantitative estimate of drug-likeness (QED) is 0.495. The van der Waals surface area contributed by atoms with Crippen LogP contribution in [0.5, 0.6) is 5.88 Å². The molecule has 2 heterocycles. The number of aromatic nitrogens is 1. The van der Waals surface area contributed by atoms with E-state index in [4.69, 9.17) is 4.74 Å². The van der Waals surface area contributed by atoms with Crippen molar-refractivity contribution in [2.24, 2.45) is 0 Å². The number of hydrogen-bond donors (Lipinski definition) is 1. The highest BCUT2D eigenvalue weighted by Crippen LogP contribution is 2.30. The maximum atomic E-state index is 14.3. The molecule has 9 heteroatoms. The van der Waals surface area contributed by atoms with Crippen molar-refractivity contribution in [3.8, 4) is 17.0 Å². The molecule has 5 nitrogen and oxygen atoms in total. The molecule has 0 radical (unpaired) electrons. The van der Waals surface area contributed by atoms with Gasteiger partial charge in [0.05, 0.1) is 11.1 Å². The fourth-order valence-electron chi connectivity index (χ4n) is 3.71. The molecular formula is C25H23F4N3O2. The second-order valence-corrected chi connectivity index (χ2v) is 8.07. The highest BCUT2D eigenvalue weighted by atomic mass is 19.4. The number of carbonyl (C=O) groups excluding carboxylic acids is 1. The Balaban J connectivity index is 1.29. The fourth-order valence-corrected chi connectivity index (χ4v) is 3.71. The number of ether oxygens (including phenoxy) is 1. The molecule has 0 bridgehead atoms. The number of hydrogen-bond acceptors (Lipinski definition) is 4. The summed E-state index contributed by atoms with van der Waals surface area (Å²) in [5.41, 5.74) is 1.42. The lowest BCUT2D eigenvalue weighted by molar-refractivity contribution is -0.137. The Bertz CT molecular complexity index is 1140. The number of rotatable bonds is 7. The summed E-state index contributed by atoms with van der Waals surface area (Å²) in [7, 11) is 0. The van der Waals surface area contributed by atoms with E-state index in [0.717, 1.165) is 17.7 Å². The van der Waals surface area contributed by atoms with Gasteiger partial charge in [0.25, 0.3) is 5.91 Å². The van der Waals surface area contributed by atoms with Gasteiger partial charge in [-0.1, -0.05) is 18.2 Å². The van der Waals surface area contributed by atoms with Gasteiger partial charge in [0.15, 0.2) is 0 Å². The van der Waals surface area contributed by atoms with Gasteiger partial charge in [-0.3, -0.25) is 9.69 Å². The summed E-state index contributed by atoms with van der Waals surface area (Å²) in [6.45, 7) is 4.00. The van der Waals surface area contributed by atoms with E-state index in [-0.39, 0.29) is 11.7 Å². The van der Waals surface area contributed by atoms with Crippen molar-refractivity contribution in [2.45, 2.75) is 25.7 Å². The monoisotopic (exact) mass is 473 g/mol. The van der Waals surface area contributed by atoms with E-state index >= 15 is 0 Å². The zero-order valence-corrected chi connectivity index (χ0v) is 18.4. The minimum absolute atomic E-state index is 0.00987. The average molecular weight is 473 g/mol. The molecule has 0 aliphatic carbocycles. The Morgan fingerprint density at radius 2 is 1.79 bits per heavy atom. The van der Waals surface area contributed by atoms with E-state index in [1.54, 1.807) is 31.3 Å². The first-order valence-electron chi connectivity index (χ1n) is 10.8. The lowest BCUT2D eigenvalue weighted by Gasteiger charge is -2.38. The molecule has 1 amide bonds. The molecule has 1 aliphatic heterocycles. The molecule has 1 aromatic heterocycles. The smallest absolute Gasteiger partial charge is 0.416 e. The van der Waals surface area contributed by atoms with Crippen LogP contribution in [-0.2, 0) is 12.7 Å². The van der Waals surface area contributed by atoms with Gasteiger partial charge in [-0.25, -0.2) is 9.37 Å². The molecule has 34 heavy (non-hydrogen) atoms. The van der Waals surface area contributed by atoms with Crippen molar-refractivity contribution >= 4 is 5.91 Å². The molecular weight excluding hydrogens is 450 g/mol. The third kappa shape index (κ3) is 5.53. The fraction of sp³-hybridized carbons (Fsp3) is 0.280. The van der Waals surface area contributed by atoms with E-state index in [2.05, 4.69) is 15.2 Å². The molecule has 0 spiro atoms. The molecule has 1 N–H and O–H groups in total. The van der Waals surface area contributed by atoms with Crippen LogP contribution < -0.4 is 10.1 Å². The van der Waals surface area contributed by atoms with E-state index in [9.17, 15) is 22.4 Å². The number of likely N-dealkylation sites (tertiary alicyclic amines) is 1. The van der Waals surface area contributed by atoms with Crippen LogP contribution in [0.2, 0.25) is 0 Å². The maximum absolute atomic E-state index is 14.3. The van der Waals surface area contributed by atoms with Crippen LogP contribution in [0.25, 0.3) is 11.1 Å². The number of carbonyl (C=O) groups is 1. The van der Waals surface area contributed by atoms with Crippen molar-refractivity contribution in [3.63, 3.8) is 0 Å². The molecule has 2 aromatic carbocycles. The van der Waals surface area contributed by atoms with Gasteiger partial charge in [0, 0.05) is 44.0 Å². The molecule has 1 fully saturated rings. The van der Waals surface area contributed by atoms with Crippen molar-refractivity contribution in [3.05, 3.63) is 83.3 Å². The summed E-state index contributed by atoms with van der Waals surface area (Å²) < 4.78 is 58.2. The maximum Gasteiger partial charge on any atom is 0.416 e. The molecule has 1 saturated heterocycles. The van der Waals surface area contributed by atoms with Crippen LogP contribution in [-0.4, -0.2) is 41.5 Å². The van der Waals surface area contributed by atoms with Crippen LogP contribution in [0.1, 0.15) is 28.4 Å². The molecule has 178 valence electrons. The van der Waals surface area contributed by atoms with Gasteiger partial charge in [-0.2, -0.15) is 13.2 Å². The molecule has 1 aliphatic rings. The van der Waals surface area contributed by atoms with E-state index < -0.39 is 23.5 Å². The Kier molecular flexibility index (Phi) is 6.83. The molecule has 3 aromatic rings. The predicted octanol–water partition coefficient (Wildman–Crippen LogP) is 4.92. The third-order valence-electron chi connectivity index (χ3n) is 5.52. The van der Waals surface area contributed by atoms with Gasteiger partial charge < -0.3 is 10.1 Å². The van der Waals surface area contributed by atoms with Gasteiger partial charge >= 0.3 is 6.18 Å². The van der Waals surface area contributed by atoms with E-state index in [1.807, 2.05) is 0 Å². The Morgan fingerprint density at radius 3 is 2.38 bits per heavy atom. The standard InChI is InChI=1S/C25H23F4N3O2/c1-2-30-24(33)21-9-5-17(11-22(21)26)18-6-10-23(31-12-18)34-20-14-32(15-20)13-16-3-7-19(8-4-16)25(27,28)29/h3-12,20H,2,13-15H2,1H3,(H,30,33). The lowest BCUT2D eigenvalue weighted by Crippen LogP contribution is -2.53. The first kappa shape index (κ1) is 23.7. The molecule has 0 atom stereocenters. The Hall–Kier alpha value is -3.46. The van der Waals surface area contributed by atoms with Crippen molar-refractivity contribution < 1.29 is 27.1 Å². The molecule has 0 saturated carbocycles.